The summed E-state index contributed by atoms with van der Waals surface area (Å²) >= 11 is 4.43. The normalized spacial score (nSPS) is 13.4. The van der Waals surface area contributed by atoms with E-state index < -0.39 is 0 Å². The van der Waals surface area contributed by atoms with Gasteiger partial charge >= 0.3 is 0 Å². The van der Waals surface area contributed by atoms with Gasteiger partial charge in [0.05, 0.1) is 5.69 Å². The maximum Gasteiger partial charge on any atom is 0.0639 e. The van der Waals surface area contributed by atoms with Crippen LogP contribution in [0.15, 0.2) is 0 Å². The minimum atomic E-state index is 0.283. The highest BCUT2D eigenvalue weighted by atomic mass is 32.1. The third-order valence-electron chi connectivity index (χ3n) is 2.15. The molecule has 1 atom stereocenters. The summed E-state index contributed by atoms with van der Waals surface area (Å²) in [4.78, 5) is 0. The van der Waals surface area contributed by atoms with Gasteiger partial charge in [0, 0.05) is 23.1 Å². The van der Waals surface area contributed by atoms with Crippen molar-refractivity contribution in [1.82, 2.24) is 9.78 Å². The van der Waals surface area contributed by atoms with Crippen molar-refractivity contribution in [2.75, 3.05) is 0 Å². The second-order valence-electron chi connectivity index (χ2n) is 3.08. The number of hydrogen-bond donors (Lipinski definition) is 1. The molecular weight excluding hydrogens is 168 g/mol. The molecule has 0 aliphatic rings. The van der Waals surface area contributed by atoms with Crippen LogP contribution < -0.4 is 0 Å². The molecule has 0 aromatic carbocycles. The molecule has 0 spiro atoms. The Hall–Kier alpha value is -0.440. The summed E-state index contributed by atoms with van der Waals surface area (Å²) in [6, 6.07) is 0. The minimum absolute atomic E-state index is 0.283. The molecule has 0 radical (unpaired) electrons. The van der Waals surface area contributed by atoms with Crippen LogP contribution >= 0.6 is 12.6 Å². The quantitative estimate of drug-likeness (QED) is 0.699. The third kappa shape index (κ3) is 1.51. The third-order valence-corrected chi connectivity index (χ3v) is 2.41. The zero-order valence-electron chi connectivity index (χ0n) is 8.13. The van der Waals surface area contributed by atoms with Crippen LogP contribution in [0.1, 0.15) is 36.0 Å². The number of aryl methyl sites for hydroxylation is 2. The molecule has 0 aliphatic heterocycles. The van der Waals surface area contributed by atoms with Gasteiger partial charge in [0.15, 0.2) is 0 Å². The summed E-state index contributed by atoms with van der Waals surface area (Å²) in [5, 5.41) is 4.70. The van der Waals surface area contributed by atoms with E-state index in [9.17, 15) is 0 Å². The molecule has 2 nitrogen and oxygen atoms in total. The molecular formula is C9H16N2S. The van der Waals surface area contributed by atoms with Crippen LogP contribution in [-0.4, -0.2) is 9.78 Å². The Labute approximate surface area is 79.4 Å². The van der Waals surface area contributed by atoms with Crippen LogP contribution in [0.5, 0.6) is 0 Å². The summed E-state index contributed by atoms with van der Waals surface area (Å²) < 4.78 is 2.03. The lowest BCUT2D eigenvalue weighted by Crippen LogP contribution is -1.99. The topological polar surface area (TPSA) is 17.8 Å². The fourth-order valence-electron chi connectivity index (χ4n) is 1.62. The summed E-state index contributed by atoms with van der Waals surface area (Å²) in [6.45, 7) is 9.27. The van der Waals surface area contributed by atoms with E-state index >= 15 is 0 Å². The van der Waals surface area contributed by atoms with Gasteiger partial charge in [-0.25, -0.2) is 0 Å². The predicted octanol–water partition coefficient (Wildman–Crippen LogP) is 2.51. The van der Waals surface area contributed by atoms with Crippen LogP contribution in [0.3, 0.4) is 0 Å². The van der Waals surface area contributed by atoms with Crippen molar-refractivity contribution in [1.29, 1.82) is 0 Å². The van der Waals surface area contributed by atoms with E-state index in [1.54, 1.807) is 0 Å². The van der Waals surface area contributed by atoms with Gasteiger partial charge in [-0.15, -0.1) is 0 Å². The minimum Gasteiger partial charge on any atom is -0.270 e. The Balaban J connectivity index is 3.19. The molecule has 68 valence electrons. The van der Waals surface area contributed by atoms with Crippen LogP contribution in [0, 0.1) is 13.8 Å². The maximum atomic E-state index is 4.43. The van der Waals surface area contributed by atoms with Crippen LogP contribution in [0.2, 0.25) is 0 Å². The Morgan fingerprint density at radius 1 is 1.50 bits per heavy atom. The second kappa shape index (κ2) is 3.52. The van der Waals surface area contributed by atoms with E-state index in [1.807, 2.05) is 11.6 Å². The Kier molecular flexibility index (Phi) is 2.83. The smallest absolute Gasteiger partial charge is 0.0639 e. The number of rotatable bonds is 2. The van der Waals surface area contributed by atoms with Gasteiger partial charge < -0.3 is 0 Å². The summed E-state index contributed by atoms with van der Waals surface area (Å²) in [7, 11) is 0. The molecule has 0 saturated carbocycles. The molecule has 0 amide bonds. The lowest BCUT2D eigenvalue weighted by Gasteiger charge is -2.04. The summed E-state index contributed by atoms with van der Waals surface area (Å²) in [5.41, 5.74) is 3.63. The van der Waals surface area contributed by atoms with Gasteiger partial charge in [-0.2, -0.15) is 17.7 Å². The van der Waals surface area contributed by atoms with Crippen molar-refractivity contribution in [3.63, 3.8) is 0 Å². The molecule has 1 aromatic rings. The highest BCUT2D eigenvalue weighted by Crippen LogP contribution is 2.25. The fourth-order valence-corrected chi connectivity index (χ4v) is 2.00. The van der Waals surface area contributed by atoms with Crippen molar-refractivity contribution in [2.45, 2.75) is 39.5 Å². The molecule has 0 bridgehead atoms. The molecule has 12 heavy (non-hydrogen) atoms. The standard InChI is InChI=1S/C9H16N2S/c1-5-11-7(3)9(8(4)12)6(2)10-11/h8,12H,5H2,1-4H3. The number of nitrogens with zero attached hydrogens (tertiary/aromatic N) is 2. The zero-order chi connectivity index (χ0) is 9.30. The summed E-state index contributed by atoms with van der Waals surface area (Å²) in [6.07, 6.45) is 0. The first-order valence-corrected chi connectivity index (χ1v) is 4.81. The first kappa shape index (κ1) is 9.65. The first-order valence-electron chi connectivity index (χ1n) is 4.29. The van der Waals surface area contributed by atoms with Crippen molar-refractivity contribution in [2.24, 2.45) is 0 Å². The highest BCUT2D eigenvalue weighted by molar-refractivity contribution is 7.80. The van der Waals surface area contributed by atoms with Gasteiger partial charge in [0.25, 0.3) is 0 Å². The van der Waals surface area contributed by atoms with E-state index in [2.05, 4.69) is 38.5 Å². The average molecular weight is 184 g/mol. The molecule has 0 fully saturated rings. The van der Waals surface area contributed by atoms with Crippen molar-refractivity contribution < 1.29 is 0 Å². The van der Waals surface area contributed by atoms with Crippen LogP contribution in [0.25, 0.3) is 0 Å². The van der Waals surface area contributed by atoms with Crippen LogP contribution in [-0.2, 0) is 6.54 Å². The van der Waals surface area contributed by atoms with Crippen molar-refractivity contribution >= 4 is 12.6 Å². The largest absolute Gasteiger partial charge is 0.270 e. The predicted molar refractivity (Wildman–Crippen MR) is 54.8 cm³/mol. The lowest BCUT2D eigenvalue weighted by molar-refractivity contribution is 0.633. The second-order valence-corrected chi connectivity index (χ2v) is 3.85. The molecule has 0 aliphatic carbocycles. The van der Waals surface area contributed by atoms with Gasteiger partial charge in [-0.3, -0.25) is 4.68 Å². The van der Waals surface area contributed by atoms with Crippen molar-refractivity contribution in [3.8, 4) is 0 Å². The Bertz CT molecular complexity index is 276. The Morgan fingerprint density at radius 2 is 2.08 bits per heavy atom. The zero-order valence-corrected chi connectivity index (χ0v) is 9.02. The average Bonchev–Trinajstić information content (AvgIpc) is 2.25. The SMILES string of the molecule is CCn1nc(C)c(C(C)S)c1C. The summed E-state index contributed by atoms with van der Waals surface area (Å²) in [5.74, 6) is 0. The van der Waals surface area contributed by atoms with E-state index in [-0.39, 0.29) is 5.25 Å². The van der Waals surface area contributed by atoms with E-state index in [0.29, 0.717) is 0 Å². The molecule has 0 saturated heterocycles. The van der Waals surface area contributed by atoms with Crippen LogP contribution in [0.4, 0.5) is 0 Å². The molecule has 1 unspecified atom stereocenters. The fraction of sp³-hybridized carbons (Fsp3) is 0.667. The maximum absolute atomic E-state index is 4.43. The molecule has 1 rings (SSSR count). The van der Waals surface area contributed by atoms with Gasteiger partial charge in [0.1, 0.15) is 0 Å². The monoisotopic (exact) mass is 184 g/mol. The molecule has 0 N–H and O–H groups in total. The van der Waals surface area contributed by atoms with Crippen molar-refractivity contribution in [3.05, 3.63) is 17.0 Å². The molecule has 1 aromatic heterocycles. The van der Waals surface area contributed by atoms with E-state index in [1.165, 1.54) is 11.3 Å². The van der Waals surface area contributed by atoms with Gasteiger partial charge in [-0.1, -0.05) is 0 Å². The van der Waals surface area contributed by atoms with E-state index in [0.717, 1.165) is 12.2 Å². The number of hydrogen-bond acceptors (Lipinski definition) is 2. The highest BCUT2D eigenvalue weighted by Gasteiger charge is 2.13. The molecule has 1 heterocycles. The Morgan fingerprint density at radius 3 is 2.33 bits per heavy atom. The van der Waals surface area contributed by atoms with E-state index in [4.69, 9.17) is 0 Å². The number of thiol groups is 1. The van der Waals surface area contributed by atoms with Gasteiger partial charge in [-0.05, 0) is 27.7 Å². The first-order chi connectivity index (χ1) is 5.57. The van der Waals surface area contributed by atoms with Gasteiger partial charge in [0.2, 0.25) is 0 Å². The molecule has 3 heteroatoms. The number of aromatic nitrogens is 2. The lowest BCUT2D eigenvalue weighted by atomic mass is 10.1.